The standard InChI is InChI=1S/C8H15NO6/c10-3-5(12)7-8(15)4(11)1-9(7)2-6(13)14/h4-5,7-8,10-12,15H,1-3H2,(H,13,14)/t4-,5+,7+,8-/m1/s1. The molecular formula is C8H15NO6. The highest BCUT2D eigenvalue weighted by Crippen LogP contribution is 2.21. The maximum Gasteiger partial charge on any atom is 0.317 e. The molecule has 0 aromatic heterocycles. The summed E-state index contributed by atoms with van der Waals surface area (Å²) in [7, 11) is 0. The van der Waals surface area contributed by atoms with E-state index >= 15 is 0 Å². The van der Waals surface area contributed by atoms with Crippen LogP contribution in [0.15, 0.2) is 0 Å². The van der Waals surface area contributed by atoms with Crippen molar-refractivity contribution in [2.75, 3.05) is 19.7 Å². The van der Waals surface area contributed by atoms with Crippen LogP contribution in [0.2, 0.25) is 0 Å². The molecule has 1 aliphatic heterocycles. The molecule has 5 N–H and O–H groups in total. The van der Waals surface area contributed by atoms with Gasteiger partial charge in [-0.25, -0.2) is 0 Å². The zero-order chi connectivity index (χ0) is 11.6. The van der Waals surface area contributed by atoms with Gasteiger partial charge in [-0.3, -0.25) is 9.69 Å². The zero-order valence-corrected chi connectivity index (χ0v) is 8.02. The average molecular weight is 221 g/mol. The predicted molar refractivity (Wildman–Crippen MR) is 48.1 cm³/mol. The summed E-state index contributed by atoms with van der Waals surface area (Å²) in [5.74, 6) is -1.12. The van der Waals surface area contributed by atoms with Gasteiger partial charge in [0.1, 0.15) is 0 Å². The van der Waals surface area contributed by atoms with Gasteiger partial charge < -0.3 is 25.5 Å². The Balaban J connectivity index is 2.72. The van der Waals surface area contributed by atoms with E-state index in [0.717, 1.165) is 0 Å². The molecule has 0 unspecified atom stereocenters. The van der Waals surface area contributed by atoms with E-state index in [2.05, 4.69) is 0 Å². The molecule has 7 nitrogen and oxygen atoms in total. The second kappa shape index (κ2) is 4.86. The Morgan fingerprint density at radius 1 is 1.47 bits per heavy atom. The maximum absolute atomic E-state index is 10.5. The van der Waals surface area contributed by atoms with Crippen molar-refractivity contribution in [1.29, 1.82) is 0 Å². The van der Waals surface area contributed by atoms with Crippen LogP contribution in [0.25, 0.3) is 0 Å². The Morgan fingerprint density at radius 2 is 2.07 bits per heavy atom. The molecule has 0 aromatic carbocycles. The van der Waals surface area contributed by atoms with Gasteiger partial charge in [0.15, 0.2) is 0 Å². The summed E-state index contributed by atoms with van der Waals surface area (Å²) >= 11 is 0. The van der Waals surface area contributed by atoms with Crippen molar-refractivity contribution in [2.45, 2.75) is 24.4 Å². The number of carboxylic acid groups (broad SMARTS) is 1. The lowest BCUT2D eigenvalue weighted by Crippen LogP contribution is -2.48. The topological polar surface area (TPSA) is 121 Å². The molecule has 1 saturated heterocycles. The van der Waals surface area contributed by atoms with Crippen LogP contribution in [0.1, 0.15) is 0 Å². The Labute approximate surface area is 86.2 Å². The predicted octanol–water partition coefficient (Wildman–Crippen LogP) is -3.17. The number of rotatable bonds is 4. The van der Waals surface area contributed by atoms with E-state index in [4.69, 9.17) is 10.2 Å². The first-order valence-corrected chi connectivity index (χ1v) is 4.58. The van der Waals surface area contributed by atoms with Crippen LogP contribution in [0, 0.1) is 0 Å². The van der Waals surface area contributed by atoms with Crippen molar-refractivity contribution in [2.24, 2.45) is 0 Å². The molecule has 0 aliphatic carbocycles. The normalized spacial score (nSPS) is 34.3. The third-order valence-electron chi connectivity index (χ3n) is 2.51. The SMILES string of the molecule is O=C(O)CN1C[C@@H](O)[C@@H](O)[C@@H]1[C@@H](O)CO. The molecule has 15 heavy (non-hydrogen) atoms. The maximum atomic E-state index is 10.5. The monoisotopic (exact) mass is 221 g/mol. The highest BCUT2D eigenvalue weighted by atomic mass is 16.4. The number of carbonyl (C=O) groups is 1. The molecule has 0 spiro atoms. The minimum atomic E-state index is -1.27. The fourth-order valence-corrected chi connectivity index (χ4v) is 1.84. The summed E-state index contributed by atoms with van der Waals surface area (Å²) in [5, 5.41) is 45.5. The minimum absolute atomic E-state index is 0.0325. The molecule has 1 rings (SSSR count). The minimum Gasteiger partial charge on any atom is -0.480 e. The smallest absolute Gasteiger partial charge is 0.317 e. The molecule has 7 heteroatoms. The lowest BCUT2D eigenvalue weighted by Gasteiger charge is -2.27. The first-order valence-electron chi connectivity index (χ1n) is 4.58. The van der Waals surface area contributed by atoms with Crippen LogP contribution in [-0.4, -0.2) is 80.5 Å². The van der Waals surface area contributed by atoms with Gasteiger partial charge in [-0.15, -0.1) is 0 Å². The molecule has 4 atom stereocenters. The molecule has 1 heterocycles. The van der Waals surface area contributed by atoms with Gasteiger partial charge in [0.2, 0.25) is 0 Å². The van der Waals surface area contributed by atoms with E-state index in [0.29, 0.717) is 0 Å². The second-order valence-corrected chi connectivity index (χ2v) is 3.62. The summed E-state index contributed by atoms with van der Waals surface area (Å²) in [6.07, 6.45) is -3.61. The molecule has 88 valence electrons. The van der Waals surface area contributed by atoms with Gasteiger partial charge >= 0.3 is 5.97 Å². The third kappa shape index (κ3) is 2.64. The number of carboxylic acids is 1. The number of likely N-dealkylation sites (tertiary alicyclic amines) is 1. The molecule has 0 radical (unpaired) electrons. The largest absolute Gasteiger partial charge is 0.480 e. The van der Waals surface area contributed by atoms with Crippen molar-refractivity contribution < 1.29 is 30.3 Å². The number of nitrogens with zero attached hydrogens (tertiary/aromatic N) is 1. The lowest BCUT2D eigenvalue weighted by molar-refractivity contribution is -0.139. The van der Waals surface area contributed by atoms with E-state index < -0.39 is 43.5 Å². The van der Waals surface area contributed by atoms with Crippen molar-refractivity contribution in [1.82, 2.24) is 4.90 Å². The summed E-state index contributed by atoms with van der Waals surface area (Å²) in [6, 6.07) is -0.943. The lowest BCUT2D eigenvalue weighted by atomic mass is 10.1. The molecule has 1 fully saturated rings. The van der Waals surface area contributed by atoms with Gasteiger partial charge in [0, 0.05) is 6.54 Å². The van der Waals surface area contributed by atoms with Gasteiger partial charge in [0.25, 0.3) is 0 Å². The van der Waals surface area contributed by atoms with E-state index in [-0.39, 0.29) is 6.54 Å². The van der Waals surface area contributed by atoms with Crippen molar-refractivity contribution in [3.63, 3.8) is 0 Å². The number of aliphatic hydroxyl groups is 4. The zero-order valence-electron chi connectivity index (χ0n) is 8.02. The van der Waals surface area contributed by atoms with E-state index in [1.807, 2.05) is 0 Å². The van der Waals surface area contributed by atoms with E-state index in [1.54, 1.807) is 0 Å². The molecule has 0 aromatic rings. The summed E-state index contributed by atoms with van der Waals surface area (Å²) in [6.45, 7) is -1.02. The first-order chi connectivity index (χ1) is 6.97. The van der Waals surface area contributed by atoms with Gasteiger partial charge in [-0.05, 0) is 0 Å². The molecule has 1 aliphatic rings. The van der Waals surface area contributed by atoms with Gasteiger partial charge in [-0.2, -0.15) is 0 Å². The molecule has 0 saturated carbocycles. The fraction of sp³-hybridized carbons (Fsp3) is 0.875. The fourth-order valence-electron chi connectivity index (χ4n) is 1.84. The van der Waals surface area contributed by atoms with Crippen LogP contribution in [0.3, 0.4) is 0 Å². The number of aliphatic hydroxyl groups excluding tert-OH is 4. The summed E-state index contributed by atoms with van der Waals surface area (Å²) in [4.78, 5) is 11.7. The van der Waals surface area contributed by atoms with Crippen molar-refractivity contribution in [3.8, 4) is 0 Å². The highest BCUT2D eigenvalue weighted by Gasteiger charge is 2.44. The summed E-state index contributed by atoms with van der Waals surface area (Å²) in [5.41, 5.74) is 0. The number of β-amino-alcohol motifs (C(OH)–C–C–N with tert-alkyl or cyclic N) is 1. The highest BCUT2D eigenvalue weighted by molar-refractivity contribution is 5.69. The van der Waals surface area contributed by atoms with Crippen LogP contribution in [0.5, 0.6) is 0 Å². The van der Waals surface area contributed by atoms with E-state index in [9.17, 15) is 20.1 Å². The average Bonchev–Trinajstić information content (AvgIpc) is 2.41. The first kappa shape index (κ1) is 12.3. The molecule has 0 amide bonds. The third-order valence-corrected chi connectivity index (χ3v) is 2.51. The van der Waals surface area contributed by atoms with Crippen molar-refractivity contribution in [3.05, 3.63) is 0 Å². The van der Waals surface area contributed by atoms with E-state index in [1.165, 1.54) is 4.90 Å². The van der Waals surface area contributed by atoms with Crippen LogP contribution in [0.4, 0.5) is 0 Å². The quantitative estimate of drug-likeness (QED) is 0.339. The Hall–Kier alpha value is -0.730. The summed E-state index contributed by atoms with van der Waals surface area (Å²) < 4.78 is 0. The molecule has 0 bridgehead atoms. The van der Waals surface area contributed by atoms with Crippen LogP contribution in [-0.2, 0) is 4.79 Å². The number of hydrogen-bond donors (Lipinski definition) is 5. The van der Waals surface area contributed by atoms with Gasteiger partial charge in [0.05, 0.1) is 37.5 Å². The number of hydrogen-bond acceptors (Lipinski definition) is 6. The number of aliphatic carboxylic acids is 1. The van der Waals surface area contributed by atoms with Crippen LogP contribution < -0.4 is 0 Å². The second-order valence-electron chi connectivity index (χ2n) is 3.62. The Morgan fingerprint density at radius 3 is 2.53 bits per heavy atom. The van der Waals surface area contributed by atoms with Crippen LogP contribution >= 0.6 is 0 Å². The van der Waals surface area contributed by atoms with Gasteiger partial charge in [-0.1, -0.05) is 0 Å². The Kier molecular flexibility index (Phi) is 4.00. The van der Waals surface area contributed by atoms with Crippen molar-refractivity contribution >= 4 is 5.97 Å². The Bertz CT molecular complexity index is 235. The molecular weight excluding hydrogens is 206 g/mol.